The van der Waals surface area contributed by atoms with Gasteiger partial charge < -0.3 is 4.74 Å². The van der Waals surface area contributed by atoms with Crippen LogP contribution in [0.4, 0.5) is 0 Å². The monoisotopic (exact) mass is 536 g/mol. The molecular formula is C30H49BrO3. The van der Waals surface area contributed by atoms with Gasteiger partial charge in [0, 0.05) is 0 Å². The van der Waals surface area contributed by atoms with Gasteiger partial charge in [-0.2, -0.15) is 0 Å². The summed E-state index contributed by atoms with van der Waals surface area (Å²) in [6.45, 7) is 12.5. The summed E-state index contributed by atoms with van der Waals surface area (Å²) < 4.78 is 5.08. The number of hydrogen-bond donors (Lipinski definition) is 0. The minimum absolute atomic E-state index is 0.0889. The third-order valence-electron chi connectivity index (χ3n) is 11.5. The second-order valence-corrected chi connectivity index (χ2v) is 14.1. The molecule has 4 aliphatic rings. The lowest BCUT2D eigenvalue weighted by molar-refractivity contribution is -0.166. The molecule has 0 heterocycles. The lowest BCUT2D eigenvalue weighted by atomic mass is 9.44. The summed E-state index contributed by atoms with van der Waals surface area (Å²) in [5.41, 5.74) is 0.903. The number of fused-ring (bicyclic) bond motifs is 5. The number of halogens is 1. The van der Waals surface area contributed by atoms with Gasteiger partial charge in [-0.1, -0.05) is 69.8 Å². The number of esters is 2. The highest BCUT2D eigenvalue weighted by atomic mass is 79.9. The highest BCUT2D eigenvalue weighted by molar-refractivity contribution is 9.09. The molecule has 4 fully saturated rings. The van der Waals surface area contributed by atoms with E-state index in [1.807, 2.05) is 0 Å². The fourth-order valence-corrected chi connectivity index (χ4v) is 9.83. The zero-order valence-electron chi connectivity index (χ0n) is 22.4. The maximum absolute atomic E-state index is 12.6. The maximum atomic E-state index is 12.6. The Morgan fingerprint density at radius 2 is 1.62 bits per heavy atom. The molecule has 9 atom stereocenters. The molecule has 1 unspecified atom stereocenters. The first kappa shape index (κ1) is 26.7. The molecule has 194 valence electrons. The quantitative estimate of drug-likeness (QED) is 0.187. The minimum atomic E-state index is -0.456. The standard InChI is InChI=1S/C30H49BrO3/c1-19(2)7-6-8-20(3)24-11-12-25-23-10-9-22-17-21(28(33)34-27(32)18-31)13-15-29(22,4)26(23)14-16-30(24,25)5/h19-26H,6-18H2,1-5H3/t20-,21?,22+,23+,24-,25+,26+,29+,30-/m1/s1. The molecule has 4 saturated carbocycles. The van der Waals surface area contributed by atoms with Crippen LogP contribution >= 0.6 is 15.9 Å². The van der Waals surface area contributed by atoms with Crippen LogP contribution < -0.4 is 0 Å². The van der Waals surface area contributed by atoms with Gasteiger partial charge in [0.15, 0.2) is 0 Å². The van der Waals surface area contributed by atoms with E-state index in [1.165, 1.54) is 57.8 Å². The average molecular weight is 538 g/mol. The van der Waals surface area contributed by atoms with E-state index in [0.717, 1.165) is 54.8 Å². The van der Waals surface area contributed by atoms with E-state index in [4.69, 9.17) is 4.74 Å². The largest absolute Gasteiger partial charge is 0.392 e. The third-order valence-corrected chi connectivity index (χ3v) is 12.0. The lowest BCUT2D eigenvalue weighted by Gasteiger charge is -2.61. The van der Waals surface area contributed by atoms with Gasteiger partial charge in [-0.3, -0.25) is 9.59 Å². The average Bonchev–Trinajstić information content (AvgIpc) is 3.15. The summed E-state index contributed by atoms with van der Waals surface area (Å²) in [6, 6.07) is 0. The van der Waals surface area contributed by atoms with Gasteiger partial charge in [-0.15, -0.1) is 0 Å². The number of carbonyl (C=O) groups excluding carboxylic acids is 2. The van der Waals surface area contributed by atoms with E-state index >= 15 is 0 Å². The van der Waals surface area contributed by atoms with Crippen molar-refractivity contribution in [3.63, 3.8) is 0 Å². The predicted molar refractivity (Wildman–Crippen MR) is 141 cm³/mol. The second kappa shape index (κ2) is 10.5. The minimum Gasteiger partial charge on any atom is -0.392 e. The van der Waals surface area contributed by atoms with Gasteiger partial charge in [-0.25, -0.2) is 0 Å². The van der Waals surface area contributed by atoms with Crippen molar-refractivity contribution in [2.75, 3.05) is 5.33 Å². The number of ether oxygens (including phenoxy) is 1. The maximum Gasteiger partial charge on any atom is 0.324 e. The fraction of sp³-hybridized carbons (Fsp3) is 0.933. The first-order valence-corrected chi connectivity index (χ1v) is 15.5. The van der Waals surface area contributed by atoms with E-state index in [9.17, 15) is 9.59 Å². The fourth-order valence-electron chi connectivity index (χ4n) is 9.72. The predicted octanol–water partition coefficient (Wildman–Crippen LogP) is 8.19. The summed E-state index contributed by atoms with van der Waals surface area (Å²) in [5.74, 6) is 4.98. The Hall–Kier alpha value is -0.380. The Bertz CT molecular complexity index is 749. The Balaban J connectivity index is 1.41. The van der Waals surface area contributed by atoms with Crippen molar-refractivity contribution in [2.45, 2.75) is 112 Å². The molecule has 0 aliphatic heterocycles. The van der Waals surface area contributed by atoms with Crippen molar-refractivity contribution >= 4 is 27.9 Å². The van der Waals surface area contributed by atoms with E-state index in [2.05, 4.69) is 50.5 Å². The van der Waals surface area contributed by atoms with E-state index in [-0.39, 0.29) is 17.2 Å². The summed E-state index contributed by atoms with van der Waals surface area (Å²) in [6.07, 6.45) is 15.4. The summed E-state index contributed by atoms with van der Waals surface area (Å²) in [4.78, 5) is 24.2. The third kappa shape index (κ3) is 4.92. The molecule has 0 bridgehead atoms. The van der Waals surface area contributed by atoms with E-state index < -0.39 is 5.97 Å². The number of rotatable bonds is 7. The second-order valence-electron chi connectivity index (χ2n) is 13.6. The molecule has 4 aliphatic carbocycles. The van der Waals surface area contributed by atoms with Crippen LogP contribution in [0.5, 0.6) is 0 Å². The number of alkyl halides is 1. The molecule has 0 spiro atoms. The van der Waals surface area contributed by atoms with Crippen LogP contribution in [0.25, 0.3) is 0 Å². The highest BCUT2D eigenvalue weighted by Gasteiger charge is 2.60. The summed E-state index contributed by atoms with van der Waals surface area (Å²) in [7, 11) is 0. The molecule has 0 aromatic carbocycles. The van der Waals surface area contributed by atoms with Gasteiger partial charge >= 0.3 is 11.9 Å². The summed E-state index contributed by atoms with van der Waals surface area (Å²) >= 11 is 3.10. The smallest absolute Gasteiger partial charge is 0.324 e. The molecule has 0 N–H and O–H groups in total. The Labute approximate surface area is 217 Å². The number of carbonyl (C=O) groups is 2. The van der Waals surface area contributed by atoms with Crippen molar-refractivity contribution in [3.05, 3.63) is 0 Å². The van der Waals surface area contributed by atoms with E-state index in [0.29, 0.717) is 16.7 Å². The molecule has 0 aromatic rings. The van der Waals surface area contributed by atoms with Crippen LogP contribution in [0.1, 0.15) is 112 Å². The Kier molecular flexibility index (Phi) is 8.27. The first-order valence-electron chi connectivity index (χ1n) is 14.4. The van der Waals surface area contributed by atoms with Crippen molar-refractivity contribution in [2.24, 2.45) is 58.2 Å². The molecule has 4 rings (SSSR count). The summed E-state index contributed by atoms with van der Waals surface area (Å²) in [5, 5.41) is 0.0911. The van der Waals surface area contributed by atoms with Crippen LogP contribution in [-0.2, 0) is 14.3 Å². The highest BCUT2D eigenvalue weighted by Crippen LogP contribution is 2.68. The van der Waals surface area contributed by atoms with Gasteiger partial charge in [0.1, 0.15) is 5.33 Å². The van der Waals surface area contributed by atoms with Crippen LogP contribution in [0.15, 0.2) is 0 Å². The molecule has 0 aromatic heterocycles. The van der Waals surface area contributed by atoms with Crippen LogP contribution in [0.3, 0.4) is 0 Å². The molecular weight excluding hydrogens is 488 g/mol. The van der Waals surface area contributed by atoms with Crippen LogP contribution in [-0.4, -0.2) is 17.3 Å². The molecule has 34 heavy (non-hydrogen) atoms. The number of hydrogen-bond acceptors (Lipinski definition) is 3. The molecule has 4 heteroatoms. The van der Waals surface area contributed by atoms with Crippen molar-refractivity contribution in [3.8, 4) is 0 Å². The molecule has 3 nitrogen and oxygen atoms in total. The molecule has 0 radical (unpaired) electrons. The molecule has 0 saturated heterocycles. The topological polar surface area (TPSA) is 43.4 Å². The van der Waals surface area contributed by atoms with Crippen molar-refractivity contribution in [1.29, 1.82) is 0 Å². The van der Waals surface area contributed by atoms with Gasteiger partial charge in [0.05, 0.1) is 5.92 Å². The zero-order valence-corrected chi connectivity index (χ0v) is 24.0. The Morgan fingerprint density at radius 3 is 2.32 bits per heavy atom. The first-order chi connectivity index (χ1) is 16.1. The van der Waals surface area contributed by atoms with E-state index in [1.54, 1.807) is 0 Å². The van der Waals surface area contributed by atoms with Gasteiger partial charge in [-0.05, 0) is 110 Å². The Morgan fingerprint density at radius 1 is 0.912 bits per heavy atom. The van der Waals surface area contributed by atoms with Crippen molar-refractivity contribution in [1.82, 2.24) is 0 Å². The van der Waals surface area contributed by atoms with Gasteiger partial charge in [0.2, 0.25) is 0 Å². The van der Waals surface area contributed by atoms with Crippen molar-refractivity contribution < 1.29 is 14.3 Å². The van der Waals surface area contributed by atoms with Crippen LogP contribution in [0, 0.1) is 58.2 Å². The molecule has 0 amide bonds. The lowest BCUT2D eigenvalue weighted by Crippen LogP contribution is -2.54. The zero-order chi connectivity index (χ0) is 24.7. The SMILES string of the molecule is CC(C)CCC[C@@H](C)[C@H]1CC[C@H]2[C@@H]3CC[C@H]4CC(C(=O)OC(=O)CBr)CC[C@]4(C)[C@H]3CC[C@]12C. The normalized spacial score (nSPS) is 42.4. The van der Waals surface area contributed by atoms with Gasteiger partial charge in [0.25, 0.3) is 0 Å². The van der Waals surface area contributed by atoms with Crippen LogP contribution in [0.2, 0.25) is 0 Å².